The quantitative estimate of drug-likeness (QED) is 0.546. The van der Waals surface area contributed by atoms with Gasteiger partial charge in [0.2, 0.25) is 0 Å². The molecule has 0 fully saturated rings. The van der Waals surface area contributed by atoms with E-state index >= 15 is 0 Å². The molecule has 1 unspecified atom stereocenters. The van der Waals surface area contributed by atoms with Crippen LogP contribution in [0.25, 0.3) is 0 Å². The van der Waals surface area contributed by atoms with Gasteiger partial charge in [-0.05, 0) is 12.1 Å². The van der Waals surface area contributed by atoms with Crippen LogP contribution < -0.4 is 4.62 Å². The van der Waals surface area contributed by atoms with Crippen LogP contribution in [0, 0.1) is 0 Å². The van der Waals surface area contributed by atoms with E-state index in [1.165, 1.54) is 4.62 Å². The Kier molecular flexibility index (Phi) is 4.01. The van der Waals surface area contributed by atoms with Gasteiger partial charge in [-0.25, -0.2) is 0 Å². The molecule has 4 heteroatoms. The molecule has 0 bridgehead atoms. The normalized spacial score (nSPS) is 8.25. The molecule has 0 aliphatic heterocycles. The zero-order valence-corrected chi connectivity index (χ0v) is 7.47. The molecule has 0 saturated heterocycles. The van der Waals surface area contributed by atoms with Crippen molar-refractivity contribution in [3.63, 3.8) is 0 Å². The molecule has 1 atom stereocenters. The Morgan fingerprint density at radius 1 is 1.50 bits per heavy atom. The van der Waals surface area contributed by atoms with Gasteiger partial charge in [-0.3, -0.25) is 0 Å². The van der Waals surface area contributed by atoms with Crippen molar-refractivity contribution in [3.05, 3.63) is 16.5 Å². The maximum absolute atomic E-state index is 5.57. The first kappa shape index (κ1) is 8.71. The molecule has 8 heavy (non-hydrogen) atoms. The fourth-order valence-electron chi connectivity index (χ4n) is 0.328. The van der Waals surface area contributed by atoms with Gasteiger partial charge in [0.25, 0.3) is 0 Å². The molecule has 0 radical (unpaired) electrons. The second-order valence-corrected chi connectivity index (χ2v) is 3.93. The molecular formula is C4H5Cl2PS. The number of hydrogen-bond acceptors (Lipinski definition) is 1. The number of thiophene rings is 1. The van der Waals surface area contributed by atoms with Crippen molar-refractivity contribution in [2.24, 2.45) is 0 Å². The van der Waals surface area contributed by atoms with E-state index in [9.17, 15) is 0 Å². The first-order chi connectivity index (χ1) is 3.29. The molecule has 0 aliphatic carbocycles. The van der Waals surface area contributed by atoms with Gasteiger partial charge in [0.05, 0.1) is 4.34 Å². The Morgan fingerprint density at radius 3 is 2.25 bits per heavy atom. The zero-order chi connectivity index (χ0) is 5.28. The molecule has 0 nitrogen and oxygen atoms in total. The molecule has 0 amide bonds. The standard InChI is InChI=1S/C4H4ClPS.ClH/c5-3-1-2-4(6)7-3;/h1-2H,6H2;1H. The van der Waals surface area contributed by atoms with Gasteiger partial charge in [0, 0.05) is 4.62 Å². The van der Waals surface area contributed by atoms with Crippen molar-refractivity contribution in [1.82, 2.24) is 0 Å². The summed E-state index contributed by atoms with van der Waals surface area (Å²) in [5, 5.41) is 0. The SMILES string of the molecule is Cl.Pc1ccc(Cl)s1. The van der Waals surface area contributed by atoms with Crippen molar-refractivity contribution < 1.29 is 0 Å². The highest BCUT2D eigenvalue weighted by atomic mass is 35.5. The van der Waals surface area contributed by atoms with E-state index in [-0.39, 0.29) is 12.4 Å². The maximum atomic E-state index is 5.57. The van der Waals surface area contributed by atoms with Crippen molar-refractivity contribution in [2.45, 2.75) is 0 Å². The Hall–Kier alpha value is 0.710. The lowest BCUT2D eigenvalue weighted by atomic mass is 10.7. The van der Waals surface area contributed by atoms with Gasteiger partial charge < -0.3 is 0 Å². The summed E-state index contributed by atoms with van der Waals surface area (Å²) in [7, 11) is 2.58. The summed E-state index contributed by atoms with van der Waals surface area (Å²) in [4.78, 5) is 0. The van der Waals surface area contributed by atoms with E-state index in [0.29, 0.717) is 0 Å². The first-order valence-electron chi connectivity index (χ1n) is 1.80. The van der Waals surface area contributed by atoms with E-state index in [2.05, 4.69) is 9.24 Å². The van der Waals surface area contributed by atoms with Gasteiger partial charge in [0.15, 0.2) is 0 Å². The van der Waals surface area contributed by atoms with Crippen LogP contribution in [0.3, 0.4) is 0 Å². The molecule has 1 heterocycles. The Bertz CT molecular complexity index is 146. The highest BCUT2D eigenvalue weighted by Gasteiger charge is 1.86. The molecule has 0 N–H and O–H groups in total. The van der Waals surface area contributed by atoms with E-state index in [4.69, 9.17) is 11.6 Å². The van der Waals surface area contributed by atoms with E-state index in [1.807, 2.05) is 12.1 Å². The molecule has 1 rings (SSSR count). The molecule has 1 aromatic rings. The Labute approximate surface area is 65.9 Å². The lowest BCUT2D eigenvalue weighted by Gasteiger charge is -1.69. The number of halogens is 2. The predicted octanol–water partition coefficient (Wildman–Crippen LogP) is 2.32. The first-order valence-corrected chi connectivity index (χ1v) is 3.57. The lowest BCUT2D eigenvalue weighted by Crippen LogP contribution is -1.68. The summed E-state index contributed by atoms with van der Waals surface area (Å²) in [5.41, 5.74) is 0. The third-order valence-electron chi connectivity index (χ3n) is 0.594. The molecule has 0 aromatic carbocycles. The van der Waals surface area contributed by atoms with Crippen LogP contribution in [0.5, 0.6) is 0 Å². The third kappa shape index (κ3) is 2.32. The largest absolute Gasteiger partial charge is 0.147 e. The minimum Gasteiger partial charge on any atom is -0.147 e. The molecule has 0 aliphatic rings. The predicted molar refractivity (Wildman–Crippen MR) is 45.9 cm³/mol. The van der Waals surface area contributed by atoms with E-state index < -0.39 is 0 Å². The Morgan fingerprint density at radius 2 is 2.12 bits per heavy atom. The fourth-order valence-corrected chi connectivity index (χ4v) is 1.86. The van der Waals surface area contributed by atoms with Gasteiger partial charge in [-0.2, -0.15) is 0 Å². The second kappa shape index (κ2) is 3.68. The highest BCUT2D eigenvalue weighted by molar-refractivity contribution is 7.44. The third-order valence-corrected chi connectivity index (χ3v) is 2.20. The minimum absolute atomic E-state index is 0. The average molecular weight is 187 g/mol. The van der Waals surface area contributed by atoms with Gasteiger partial charge in [-0.1, -0.05) is 20.8 Å². The lowest BCUT2D eigenvalue weighted by molar-refractivity contribution is 2.07. The topological polar surface area (TPSA) is 0 Å². The zero-order valence-electron chi connectivity index (χ0n) is 3.93. The fraction of sp³-hybridized carbons (Fsp3) is 0. The number of rotatable bonds is 0. The van der Waals surface area contributed by atoms with Crippen molar-refractivity contribution in [3.8, 4) is 0 Å². The van der Waals surface area contributed by atoms with Gasteiger partial charge in [-0.15, -0.1) is 23.7 Å². The van der Waals surface area contributed by atoms with Crippen molar-refractivity contribution in [2.75, 3.05) is 0 Å². The Balaban J connectivity index is 0.000000490. The van der Waals surface area contributed by atoms with Crippen LogP contribution in [0.15, 0.2) is 12.1 Å². The maximum Gasteiger partial charge on any atom is 0.0934 e. The summed E-state index contributed by atoms with van der Waals surface area (Å²) in [5.74, 6) is 0. The highest BCUT2D eigenvalue weighted by Crippen LogP contribution is 2.14. The van der Waals surface area contributed by atoms with E-state index in [0.717, 1.165) is 4.34 Å². The summed E-state index contributed by atoms with van der Waals surface area (Å²) in [6.07, 6.45) is 0. The van der Waals surface area contributed by atoms with Crippen LogP contribution in [-0.4, -0.2) is 0 Å². The second-order valence-electron chi connectivity index (χ2n) is 1.14. The average Bonchev–Trinajstić information content (AvgIpc) is 1.87. The monoisotopic (exact) mass is 186 g/mol. The molecule has 0 saturated carbocycles. The van der Waals surface area contributed by atoms with Crippen LogP contribution in [0.1, 0.15) is 0 Å². The van der Waals surface area contributed by atoms with Gasteiger partial charge >= 0.3 is 0 Å². The summed E-state index contributed by atoms with van der Waals surface area (Å²) < 4.78 is 2.04. The smallest absolute Gasteiger partial charge is 0.0934 e. The van der Waals surface area contributed by atoms with Crippen molar-refractivity contribution in [1.29, 1.82) is 0 Å². The molecule has 0 spiro atoms. The van der Waals surface area contributed by atoms with Crippen molar-refractivity contribution >= 4 is 49.2 Å². The molecule has 46 valence electrons. The summed E-state index contributed by atoms with van der Waals surface area (Å²) in [6, 6.07) is 3.85. The van der Waals surface area contributed by atoms with Crippen LogP contribution >= 0.6 is 44.6 Å². The summed E-state index contributed by atoms with van der Waals surface area (Å²) in [6.45, 7) is 0. The van der Waals surface area contributed by atoms with Gasteiger partial charge in [0.1, 0.15) is 0 Å². The van der Waals surface area contributed by atoms with Crippen LogP contribution in [0.2, 0.25) is 4.34 Å². The van der Waals surface area contributed by atoms with Crippen LogP contribution in [0.4, 0.5) is 0 Å². The van der Waals surface area contributed by atoms with Crippen LogP contribution in [-0.2, 0) is 0 Å². The summed E-state index contributed by atoms with van der Waals surface area (Å²) >= 11 is 7.14. The van der Waals surface area contributed by atoms with E-state index in [1.54, 1.807) is 11.3 Å². The molecular weight excluding hydrogens is 182 g/mol. The number of hydrogen-bond donors (Lipinski definition) is 0. The molecule has 1 aromatic heterocycles. The minimum atomic E-state index is 0.